The van der Waals surface area contributed by atoms with Crippen molar-refractivity contribution in [2.45, 2.75) is 17.7 Å². The predicted molar refractivity (Wildman–Crippen MR) is 100 cm³/mol. The predicted octanol–water partition coefficient (Wildman–Crippen LogP) is 0.536. The minimum atomic E-state index is -3.61. The molecule has 150 valence electrons. The van der Waals surface area contributed by atoms with E-state index < -0.39 is 10.0 Å². The van der Waals surface area contributed by atoms with Gasteiger partial charge in [0.25, 0.3) is 0 Å². The van der Waals surface area contributed by atoms with Gasteiger partial charge >= 0.3 is 0 Å². The van der Waals surface area contributed by atoms with Crippen molar-refractivity contribution in [3.8, 4) is 11.5 Å². The molecular formula is C18H27N3O5S. The van der Waals surface area contributed by atoms with E-state index in [-0.39, 0.29) is 16.7 Å². The number of rotatable bonds is 6. The second kappa shape index (κ2) is 8.45. The van der Waals surface area contributed by atoms with E-state index in [1.54, 1.807) is 12.1 Å². The Labute approximate surface area is 160 Å². The highest BCUT2D eigenvalue weighted by atomic mass is 32.2. The van der Waals surface area contributed by atoms with Crippen LogP contribution in [0.1, 0.15) is 12.8 Å². The first-order valence-corrected chi connectivity index (χ1v) is 10.6. The fourth-order valence-corrected chi connectivity index (χ4v) is 4.72. The van der Waals surface area contributed by atoms with Crippen LogP contribution in [0, 0.1) is 5.92 Å². The molecule has 1 aromatic carbocycles. The number of nitrogens with one attached hydrogen (secondary N) is 1. The molecule has 2 aliphatic heterocycles. The van der Waals surface area contributed by atoms with Gasteiger partial charge in [-0.3, -0.25) is 4.79 Å². The van der Waals surface area contributed by atoms with Gasteiger partial charge in [-0.15, -0.1) is 0 Å². The summed E-state index contributed by atoms with van der Waals surface area (Å²) in [6.45, 7) is 2.92. The number of hydrogen-bond donors (Lipinski definition) is 1. The van der Waals surface area contributed by atoms with Crippen molar-refractivity contribution in [1.29, 1.82) is 0 Å². The number of fused-ring (bicyclic) bond motifs is 1. The van der Waals surface area contributed by atoms with Crippen molar-refractivity contribution >= 4 is 15.9 Å². The van der Waals surface area contributed by atoms with Gasteiger partial charge in [-0.2, -0.15) is 4.31 Å². The third kappa shape index (κ3) is 4.72. The Morgan fingerprint density at radius 3 is 2.52 bits per heavy atom. The van der Waals surface area contributed by atoms with Crippen LogP contribution in [0.25, 0.3) is 0 Å². The number of carbonyl (C=O) groups excluding carboxylic acids is 1. The zero-order valence-corrected chi connectivity index (χ0v) is 16.6. The van der Waals surface area contributed by atoms with Crippen LogP contribution >= 0.6 is 0 Å². The Hall–Kier alpha value is -1.84. The minimum absolute atomic E-state index is 0.00762. The maximum atomic E-state index is 12.9. The van der Waals surface area contributed by atoms with E-state index in [1.807, 2.05) is 19.0 Å². The van der Waals surface area contributed by atoms with E-state index in [0.29, 0.717) is 57.2 Å². The quantitative estimate of drug-likeness (QED) is 0.754. The molecule has 0 spiro atoms. The largest absolute Gasteiger partial charge is 0.486 e. The molecule has 2 aliphatic rings. The summed E-state index contributed by atoms with van der Waals surface area (Å²) in [6, 6.07) is 4.69. The Morgan fingerprint density at radius 2 is 1.85 bits per heavy atom. The van der Waals surface area contributed by atoms with Crippen LogP contribution in [-0.2, 0) is 14.8 Å². The van der Waals surface area contributed by atoms with Crippen molar-refractivity contribution in [3.63, 3.8) is 0 Å². The molecule has 27 heavy (non-hydrogen) atoms. The molecule has 3 rings (SSSR count). The molecule has 9 heteroatoms. The van der Waals surface area contributed by atoms with E-state index >= 15 is 0 Å². The number of carbonyl (C=O) groups is 1. The average molecular weight is 397 g/mol. The fourth-order valence-electron chi connectivity index (χ4n) is 3.24. The summed E-state index contributed by atoms with van der Waals surface area (Å²) in [6.07, 6.45) is 1.05. The smallest absolute Gasteiger partial charge is 0.243 e. The summed E-state index contributed by atoms with van der Waals surface area (Å²) in [7, 11) is 0.290. The van der Waals surface area contributed by atoms with Crippen molar-refractivity contribution in [1.82, 2.24) is 14.5 Å². The first-order valence-electron chi connectivity index (χ1n) is 9.20. The monoisotopic (exact) mass is 397 g/mol. The lowest BCUT2D eigenvalue weighted by molar-refractivity contribution is -0.126. The van der Waals surface area contributed by atoms with E-state index in [4.69, 9.17) is 9.47 Å². The highest BCUT2D eigenvalue weighted by molar-refractivity contribution is 7.89. The number of hydrogen-bond acceptors (Lipinski definition) is 6. The molecule has 0 aliphatic carbocycles. The number of sulfonamides is 1. The highest BCUT2D eigenvalue weighted by Gasteiger charge is 2.32. The maximum Gasteiger partial charge on any atom is 0.243 e. The van der Waals surface area contributed by atoms with Crippen molar-refractivity contribution in [3.05, 3.63) is 18.2 Å². The molecule has 0 radical (unpaired) electrons. The fraction of sp³-hybridized carbons (Fsp3) is 0.611. The van der Waals surface area contributed by atoms with Gasteiger partial charge < -0.3 is 19.7 Å². The third-order valence-electron chi connectivity index (χ3n) is 4.83. The van der Waals surface area contributed by atoms with Gasteiger partial charge in [0.1, 0.15) is 13.2 Å². The van der Waals surface area contributed by atoms with Gasteiger partial charge in [-0.1, -0.05) is 0 Å². The van der Waals surface area contributed by atoms with Crippen LogP contribution in [0.4, 0.5) is 0 Å². The van der Waals surface area contributed by atoms with E-state index in [2.05, 4.69) is 5.32 Å². The SMILES string of the molecule is CN(C)CCNC(=O)C1CCN(S(=O)(=O)c2ccc3c(c2)OCCO3)CC1. The Balaban J connectivity index is 1.59. The molecule has 0 saturated carbocycles. The third-order valence-corrected chi connectivity index (χ3v) is 6.73. The van der Waals surface area contributed by atoms with Gasteiger partial charge in [0, 0.05) is 38.2 Å². The number of piperidine rings is 1. The molecule has 1 N–H and O–H groups in total. The molecule has 1 aromatic rings. The van der Waals surface area contributed by atoms with Crippen molar-refractivity contribution in [2.24, 2.45) is 5.92 Å². The zero-order valence-electron chi connectivity index (χ0n) is 15.8. The van der Waals surface area contributed by atoms with Gasteiger partial charge in [-0.25, -0.2) is 8.42 Å². The molecule has 0 unspecified atom stereocenters. The molecule has 0 aromatic heterocycles. The molecule has 8 nitrogen and oxygen atoms in total. The summed E-state index contributed by atoms with van der Waals surface area (Å²) in [4.78, 5) is 14.4. The van der Waals surface area contributed by atoms with Gasteiger partial charge in [-0.05, 0) is 39.1 Å². The number of likely N-dealkylation sites (N-methyl/N-ethyl adjacent to an activating group) is 1. The van der Waals surface area contributed by atoms with Gasteiger partial charge in [0.05, 0.1) is 4.90 Å². The summed E-state index contributed by atoms with van der Waals surface area (Å²) < 4.78 is 38.2. The average Bonchev–Trinajstić information content (AvgIpc) is 2.67. The van der Waals surface area contributed by atoms with E-state index in [1.165, 1.54) is 10.4 Å². The molecule has 0 atom stereocenters. The molecule has 1 fully saturated rings. The van der Waals surface area contributed by atoms with Crippen LogP contribution in [0.15, 0.2) is 23.1 Å². The summed E-state index contributed by atoms with van der Waals surface area (Å²) in [5, 5.41) is 2.92. The lowest BCUT2D eigenvalue weighted by Gasteiger charge is -2.31. The molecule has 0 bridgehead atoms. The molecule has 2 heterocycles. The standard InChI is InChI=1S/C18H27N3O5S/c1-20(2)10-7-19-18(22)14-5-8-21(9-6-14)27(23,24)15-3-4-16-17(13-15)26-12-11-25-16/h3-4,13-14H,5-12H2,1-2H3,(H,19,22). The van der Waals surface area contributed by atoms with E-state index in [9.17, 15) is 13.2 Å². The Morgan fingerprint density at radius 1 is 1.19 bits per heavy atom. The van der Waals surface area contributed by atoms with Gasteiger partial charge in [0.15, 0.2) is 11.5 Å². The van der Waals surface area contributed by atoms with Crippen LogP contribution in [-0.4, -0.2) is 77.0 Å². The number of amides is 1. The number of ether oxygens (including phenoxy) is 2. The lowest BCUT2D eigenvalue weighted by atomic mass is 9.97. The van der Waals surface area contributed by atoms with Gasteiger partial charge in [0.2, 0.25) is 15.9 Å². The summed E-state index contributed by atoms with van der Waals surface area (Å²) in [5.41, 5.74) is 0. The lowest BCUT2D eigenvalue weighted by Crippen LogP contribution is -2.43. The first-order chi connectivity index (χ1) is 12.9. The number of nitrogens with zero attached hydrogens (tertiary/aromatic N) is 2. The highest BCUT2D eigenvalue weighted by Crippen LogP contribution is 2.34. The summed E-state index contributed by atoms with van der Waals surface area (Å²) in [5.74, 6) is 0.887. The van der Waals surface area contributed by atoms with Crippen LogP contribution in [0.2, 0.25) is 0 Å². The topological polar surface area (TPSA) is 88.2 Å². The normalized spacial score (nSPS) is 18.5. The second-order valence-electron chi connectivity index (χ2n) is 7.08. The summed E-state index contributed by atoms with van der Waals surface area (Å²) >= 11 is 0. The van der Waals surface area contributed by atoms with Crippen LogP contribution < -0.4 is 14.8 Å². The maximum absolute atomic E-state index is 12.9. The first kappa shape index (κ1) is 19.9. The van der Waals surface area contributed by atoms with Crippen molar-refractivity contribution < 1.29 is 22.7 Å². The molecule has 1 saturated heterocycles. The minimum Gasteiger partial charge on any atom is -0.486 e. The number of benzene rings is 1. The van der Waals surface area contributed by atoms with E-state index in [0.717, 1.165) is 6.54 Å². The van der Waals surface area contributed by atoms with Crippen LogP contribution in [0.5, 0.6) is 11.5 Å². The second-order valence-corrected chi connectivity index (χ2v) is 9.02. The van der Waals surface area contributed by atoms with Crippen molar-refractivity contribution in [2.75, 3.05) is 53.5 Å². The Bertz CT molecular complexity index is 773. The molecule has 1 amide bonds. The van der Waals surface area contributed by atoms with Crippen LogP contribution in [0.3, 0.4) is 0 Å². The zero-order chi connectivity index (χ0) is 19.4. The molecular weight excluding hydrogens is 370 g/mol. The Kier molecular flexibility index (Phi) is 6.23.